The smallest absolute Gasteiger partial charge is 0.290 e. The van der Waals surface area contributed by atoms with E-state index in [0.717, 1.165) is 5.01 Å². The molecule has 0 radical (unpaired) electrons. The summed E-state index contributed by atoms with van der Waals surface area (Å²) in [5, 5.41) is 12.1. The van der Waals surface area contributed by atoms with Gasteiger partial charge in [-0.05, 0) is 6.92 Å². The van der Waals surface area contributed by atoms with E-state index in [2.05, 4.69) is 25.5 Å². The van der Waals surface area contributed by atoms with Gasteiger partial charge in [0.25, 0.3) is 5.91 Å². The molecule has 0 aromatic carbocycles. The number of thiazole rings is 1. The van der Waals surface area contributed by atoms with E-state index in [1.54, 1.807) is 24.5 Å². The maximum absolute atomic E-state index is 11.7. The zero-order valence-electron chi connectivity index (χ0n) is 9.60. The van der Waals surface area contributed by atoms with Gasteiger partial charge in [-0.1, -0.05) is 6.92 Å². The van der Waals surface area contributed by atoms with Crippen molar-refractivity contribution in [2.45, 2.75) is 19.8 Å². The van der Waals surface area contributed by atoms with Crippen molar-refractivity contribution in [3.05, 3.63) is 28.2 Å². The third-order valence-electron chi connectivity index (χ3n) is 2.24. The molecule has 0 aliphatic heterocycles. The fourth-order valence-electron chi connectivity index (χ4n) is 1.33. The maximum atomic E-state index is 11.7. The van der Waals surface area contributed by atoms with Gasteiger partial charge in [0.1, 0.15) is 5.82 Å². The van der Waals surface area contributed by atoms with Crippen LogP contribution in [0.1, 0.15) is 34.3 Å². The lowest BCUT2D eigenvalue weighted by atomic mass is 10.2. The lowest BCUT2D eigenvalue weighted by Gasteiger charge is -2.08. The zero-order chi connectivity index (χ0) is 12.3. The molecule has 6 nitrogen and oxygen atoms in total. The Balaban J connectivity index is 1.88. The van der Waals surface area contributed by atoms with Gasteiger partial charge in [-0.2, -0.15) is 0 Å². The highest BCUT2D eigenvalue weighted by Gasteiger charge is 2.13. The summed E-state index contributed by atoms with van der Waals surface area (Å²) in [6.45, 7) is 4.30. The van der Waals surface area contributed by atoms with E-state index in [4.69, 9.17) is 0 Å². The van der Waals surface area contributed by atoms with Crippen LogP contribution in [0, 0.1) is 6.92 Å². The first-order valence-corrected chi connectivity index (χ1v) is 6.11. The first-order valence-electron chi connectivity index (χ1n) is 5.23. The molecule has 0 bridgehead atoms. The standard InChI is InChI=1S/C10H13N5OS/c1-6(10-11-3-4-17-10)5-12-9(16)8-13-7(2)14-15-8/h3-4,6H,5H2,1-2H3,(H,12,16)(H,13,14,15). The van der Waals surface area contributed by atoms with Crippen molar-refractivity contribution in [3.8, 4) is 0 Å². The van der Waals surface area contributed by atoms with Crippen LogP contribution < -0.4 is 5.32 Å². The molecule has 0 fully saturated rings. The molecule has 0 saturated heterocycles. The molecule has 2 rings (SSSR count). The van der Waals surface area contributed by atoms with Gasteiger partial charge in [0.05, 0.1) is 5.01 Å². The number of nitrogens with one attached hydrogen (secondary N) is 2. The van der Waals surface area contributed by atoms with Gasteiger partial charge in [-0.25, -0.2) is 9.97 Å². The number of hydrogen-bond donors (Lipinski definition) is 2. The van der Waals surface area contributed by atoms with Crippen LogP contribution in [0.5, 0.6) is 0 Å². The molecule has 2 aromatic heterocycles. The Hall–Kier alpha value is -1.76. The number of carbonyl (C=O) groups is 1. The van der Waals surface area contributed by atoms with E-state index in [9.17, 15) is 4.79 Å². The average Bonchev–Trinajstić information content (AvgIpc) is 2.95. The Morgan fingerprint density at radius 3 is 3.06 bits per heavy atom. The third-order valence-corrected chi connectivity index (χ3v) is 3.25. The SMILES string of the molecule is Cc1nc(C(=O)NCC(C)c2nccs2)n[nH]1. The fraction of sp³-hybridized carbons (Fsp3) is 0.400. The summed E-state index contributed by atoms with van der Waals surface area (Å²) in [4.78, 5) is 19.8. The molecule has 7 heteroatoms. The van der Waals surface area contributed by atoms with E-state index in [-0.39, 0.29) is 17.6 Å². The summed E-state index contributed by atoms with van der Waals surface area (Å²) in [7, 11) is 0. The minimum absolute atomic E-state index is 0.175. The molecule has 0 aliphatic carbocycles. The number of carbonyl (C=O) groups excluding carboxylic acids is 1. The summed E-state index contributed by atoms with van der Waals surface area (Å²) in [6.07, 6.45) is 1.76. The monoisotopic (exact) mass is 251 g/mol. The predicted molar refractivity (Wildman–Crippen MR) is 64.0 cm³/mol. The number of nitrogens with zero attached hydrogens (tertiary/aromatic N) is 3. The summed E-state index contributed by atoms with van der Waals surface area (Å²) >= 11 is 1.58. The second-order valence-electron chi connectivity index (χ2n) is 3.73. The van der Waals surface area contributed by atoms with Gasteiger partial charge in [0.2, 0.25) is 5.82 Å². The molecule has 0 aliphatic rings. The van der Waals surface area contributed by atoms with Crippen LogP contribution in [-0.2, 0) is 0 Å². The van der Waals surface area contributed by atoms with Crippen LogP contribution in [0.25, 0.3) is 0 Å². The molecule has 1 atom stereocenters. The molecule has 1 amide bonds. The second kappa shape index (κ2) is 5.05. The average molecular weight is 251 g/mol. The summed E-state index contributed by atoms with van der Waals surface area (Å²) in [5.41, 5.74) is 0. The Kier molecular flexibility index (Phi) is 3.48. The quantitative estimate of drug-likeness (QED) is 0.852. The van der Waals surface area contributed by atoms with Crippen molar-refractivity contribution in [1.82, 2.24) is 25.5 Å². The Labute approximate surface area is 103 Å². The van der Waals surface area contributed by atoms with Gasteiger partial charge in [0.15, 0.2) is 0 Å². The van der Waals surface area contributed by atoms with Crippen molar-refractivity contribution < 1.29 is 4.79 Å². The third kappa shape index (κ3) is 2.88. The number of aryl methyl sites for hydroxylation is 1. The molecule has 2 heterocycles. The van der Waals surface area contributed by atoms with Crippen molar-refractivity contribution in [3.63, 3.8) is 0 Å². The molecule has 2 aromatic rings. The van der Waals surface area contributed by atoms with E-state index in [0.29, 0.717) is 12.4 Å². The number of rotatable bonds is 4. The van der Waals surface area contributed by atoms with Crippen molar-refractivity contribution in [1.29, 1.82) is 0 Å². The van der Waals surface area contributed by atoms with Gasteiger partial charge in [0, 0.05) is 24.0 Å². The van der Waals surface area contributed by atoms with Crippen LogP contribution in [0.2, 0.25) is 0 Å². The summed E-state index contributed by atoms with van der Waals surface area (Å²) in [6, 6.07) is 0. The Morgan fingerprint density at radius 1 is 1.65 bits per heavy atom. The molecular formula is C10H13N5OS. The maximum Gasteiger partial charge on any atom is 0.290 e. The summed E-state index contributed by atoms with van der Waals surface area (Å²) in [5.74, 6) is 0.730. The van der Waals surface area contributed by atoms with E-state index >= 15 is 0 Å². The van der Waals surface area contributed by atoms with Crippen LogP contribution in [0.4, 0.5) is 0 Å². The molecule has 0 saturated carbocycles. The van der Waals surface area contributed by atoms with Crippen LogP contribution in [0.15, 0.2) is 11.6 Å². The van der Waals surface area contributed by atoms with Crippen LogP contribution in [0.3, 0.4) is 0 Å². The first-order chi connectivity index (χ1) is 8.16. The fourth-order valence-corrected chi connectivity index (χ4v) is 2.03. The number of H-pyrrole nitrogens is 1. The molecular weight excluding hydrogens is 238 g/mol. The molecule has 1 unspecified atom stereocenters. The van der Waals surface area contributed by atoms with E-state index in [1.807, 2.05) is 12.3 Å². The molecule has 2 N–H and O–H groups in total. The lowest BCUT2D eigenvalue weighted by molar-refractivity contribution is 0.0941. The van der Waals surface area contributed by atoms with Gasteiger partial charge < -0.3 is 5.32 Å². The Morgan fingerprint density at radius 2 is 2.47 bits per heavy atom. The number of amides is 1. The lowest BCUT2D eigenvalue weighted by Crippen LogP contribution is -2.28. The van der Waals surface area contributed by atoms with Crippen LogP contribution >= 0.6 is 11.3 Å². The highest BCUT2D eigenvalue weighted by atomic mass is 32.1. The predicted octanol–water partition coefficient (Wildman–Crippen LogP) is 1.10. The van der Waals surface area contributed by atoms with Crippen molar-refractivity contribution in [2.24, 2.45) is 0 Å². The minimum Gasteiger partial charge on any atom is -0.349 e. The highest BCUT2D eigenvalue weighted by Crippen LogP contribution is 2.16. The number of hydrogen-bond acceptors (Lipinski definition) is 5. The number of aromatic amines is 1. The van der Waals surface area contributed by atoms with E-state index < -0.39 is 0 Å². The molecule has 17 heavy (non-hydrogen) atoms. The number of aromatic nitrogens is 4. The zero-order valence-corrected chi connectivity index (χ0v) is 10.4. The first kappa shape index (κ1) is 11.7. The van der Waals surface area contributed by atoms with Gasteiger partial charge in [-0.3, -0.25) is 9.89 Å². The van der Waals surface area contributed by atoms with Gasteiger partial charge in [-0.15, -0.1) is 16.4 Å². The summed E-state index contributed by atoms with van der Waals surface area (Å²) < 4.78 is 0. The van der Waals surface area contributed by atoms with Crippen molar-refractivity contribution in [2.75, 3.05) is 6.54 Å². The van der Waals surface area contributed by atoms with Gasteiger partial charge >= 0.3 is 0 Å². The highest BCUT2D eigenvalue weighted by molar-refractivity contribution is 7.09. The van der Waals surface area contributed by atoms with Crippen molar-refractivity contribution >= 4 is 17.2 Å². The second-order valence-corrected chi connectivity index (χ2v) is 4.65. The minimum atomic E-state index is -0.266. The normalized spacial score (nSPS) is 12.4. The largest absolute Gasteiger partial charge is 0.349 e. The van der Waals surface area contributed by atoms with E-state index in [1.165, 1.54) is 0 Å². The topological polar surface area (TPSA) is 83.6 Å². The Bertz CT molecular complexity index is 493. The molecule has 90 valence electrons. The molecule has 0 spiro atoms. The van der Waals surface area contributed by atoms with Crippen LogP contribution in [-0.4, -0.2) is 32.6 Å².